The van der Waals surface area contributed by atoms with Gasteiger partial charge in [0.1, 0.15) is 16.0 Å². The Bertz CT molecular complexity index is 570. The number of hydrogen-bond acceptors (Lipinski definition) is 5. The molecule has 88 valence electrons. The van der Waals surface area contributed by atoms with Crippen LogP contribution in [0.5, 0.6) is 0 Å². The van der Waals surface area contributed by atoms with Crippen LogP contribution in [0.25, 0.3) is 0 Å². The topological polar surface area (TPSA) is 80.9 Å². The van der Waals surface area contributed by atoms with Gasteiger partial charge in [-0.1, -0.05) is 28.4 Å². The zero-order valence-electron chi connectivity index (χ0n) is 8.57. The lowest BCUT2D eigenvalue weighted by Crippen LogP contribution is -2.14. The second kappa shape index (κ2) is 4.68. The van der Waals surface area contributed by atoms with Crippen molar-refractivity contribution in [1.29, 1.82) is 0 Å². The maximum atomic E-state index is 11.8. The monoisotopic (exact) mass is 272 g/mol. The first-order valence-corrected chi connectivity index (χ1v) is 5.26. The number of halogens is 2. The molecule has 0 radical (unpaired) electrons. The standard InChI is InChI=1S/C9H6Cl2N4O2/c1-4-8(15-17-14-4)13-9(16)5-2-3-6(10)12-7(5)11/h2-3H,1H3,(H,13,15,16). The van der Waals surface area contributed by atoms with Crippen molar-refractivity contribution in [2.45, 2.75) is 6.92 Å². The van der Waals surface area contributed by atoms with E-state index in [9.17, 15) is 4.79 Å². The molecule has 0 bridgehead atoms. The third-order valence-corrected chi connectivity index (χ3v) is 2.44. The Morgan fingerprint density at radius 1 is 1.35 bits per heavy atom. The smallest absolute Gasteiger partial charge is 0.260 e. The summed E-state index contributed by atoms with van der Waals surface area (Å²) in [5.74, 6) is -0.223. The summed E-state index contributed by atoms with van der Waals surface area (Å²) in [4.78, 5) is 15.6. The molecular weight excluding hydrogens is 267 g/mol. The van der Waals surface area contributed by atoms with Gasteiger partial charge >= 0.3 is 0 Å². The molecule has 2 heterocycles. The number of anilines is 1. The summed E-state index contributed by atoms with van der Waals surface area (Å²) in [5.41, 5.74) is 0.662. The lowest BCUT2D eigenvalue weighted by molar-refractivity contribution is 0.102. The predicted octanol–water partition coefficient (Wildman–Crippen LogP) is 2.33. The summed E-state index contributed by atoms with van der Waals surface area (Å²) < 4.78 is 4.45. The number of carbonyl (C=O) groups excluding carboxylic acids is 1. The van der Waals surface area contributed by atoms with Crippen LogP contribution in [0.15, 0.2) is 16.8 Å². The first-order valence-electron chi connectivity index (χ1n) is 4.50. The number of hydrogen-bond donors (Lipinski definition) is 1. The molecule has 0 aromatic carbocycles. The van der Waals surface area contributed by atoms with E-state index in [1.165, 1.54) is 12.1 Å². The maximum Gasteiger partial charge on any atom is 0.260 e. The van der Waals surface area contributed by atoms with Gasteiger partial charge in [-0.15, -0.1) is 0 Å². The van der Waals surface area contributed by atoms with E-state index < -0.39 is 5.91 Å². The normalized spacial score (nSPS) is 10.3. The predicted molar refractivity (Wildman–Crippen MR) is 61.2 cm³/mol. The minimum atomic E-state index is -0.460. The number of nitrogens with zero attached hydrogens (tertiary/aromatic N) is 3. The van der Waals surface area contributed by atoms with Crippen LogP contribution in [0.4, 0.5) is 5.82 Å². The van der Waals surface area contributed by atoms with Gasteiger partial charge in [-0.3, -0.25) is 4.79 Å². The van der Waals surface area contributed by atoms with Crippen molar-refractivity contribution in [3.63, 3.8) is 0 Å². The molecule has 1 amide bonds. The molecule has 0 fully saturated rings. The summed E-state index contributed by atoms with van der Waals surface area (Å²) in [7, 11) is 0. The van der Waals surface area contributed by atoms with Crippen molar-refractivity contribution in [3.8, 4) is 0 Å². The summed E-state index contributed by atoms with van der Waals surface area (Å²) in [5, 5.41) is 9.77. The fourth-order valence-corrected chi connectivity index (χ4v) is 1.53. The van der Waals surface area contributed by atoms with Crippen molar-refractivity contribution < 1.29 is 9.42 Å². The fraction of sp³-hybridized carbons (Fsp3) is 0.111. The Hall–Kier alpha value is -1.66. The minimum Gasteiger partial charge on any atom is -0.302 e. The Kier molecular flexibility index (Phi) is 3.26. The molecule has 0 saturated carbocycles. The lowest BCUT2D eigenvalue weighted by atomic mass is 10.2. The van der Waals surface area contributed by atoms with Gasteiger partial charge in [-0.25, -0.2) is 9.61 Å². The third kappa shape index (κ3) is 2.54. The van der Waals surface area contributed by atoms with E-state index in [2.05, 4.69) is 25.2 Å². The molecular formula is C9H6Cl2N4O2. The van der Waals surface area contributed by atoms with Crippen LogP contribution in [0.3, 0.4) is 0 Å². The van der Waals surface area contributed by atoms with Crippen LogP contribution in [0.2, 0.25) is 10.3 Å². The zero-order valence-corrected chi connectivity index (χ0v) is 10.1. The average Bonchev–Trinajstić information content (AvgIpc) is 2.64. The second-order valence-corrected chi connectivity index (χ2v) is 3.87. The SMILES string of the molecule is Cc1nonc1NC(=O)c1ccc(Cl)nc1Cl. The summed E-state index contributed by atoms with van der Waals surface area (Å²) >= 11 is 11.4. The molecule has 2 aromatic heterocycles. The van der Waals surface area contributed by atoms with Crippen molar-refractivity contribution in [3.05, 3.63) is 33.7 Å². The molecule has 0 aliphatic heterocycles. The number of pyridine rings is 1. The molecule has 0 unspecified atom stereocenters. The number of nitrogens with one attached hydrogen (secondary N) is 1. The van der Waals surface area contributed by atoms with E-state index in [-0.39, 0.29) is 21.7 Å². The average molecular weight is 273 g/mol. The summed E-state index contributed by atoms with van der Waals surface area (Å²) in [6, 6.07) is 2.94. The summed E-state index contributed by atoms with van der Waals surface area (Å²) in [6.07, 6.45) is 0. The molecule has 6 nitrogen and oxygen atoms in total. The number of rotatable bonds is 2. The Labute approximate surface area is 106 Å². The molecule has 0 aliphatic rings. The number of carbonyl (C=O) groups is 1. The Morgan fingerprint density at radius 2 is 2.12 bits per heavy atom. The Morgan fingerprint density at radius 3 is 2.71 bits per heavy atom. The second-order valence-electron chi connectivity index (χ2n) is 3.12. The molecule has 0 atom stereocenters. The van der Waals surface area contributed by atoms with Gasteiger partial charge in [-0.2, -0.15) is 0 Å². The molecule has 0 aliphatic carbocycles. The highest BCUT2D eigenvalue weighted by atomic mass is 35.5. The van der Waals surface area contributed by atoms with Crippen LogP contribution in [0, 0.1) is 6.92 Å². The number of amides is 1. The molecule has 2 rings (SSSR count). The van der Waals surface area contributed by atoms with E-state index in [1.54, 1.807) is 6.92 Å². The van der Waals surface area contributed by atoms with Gasteiger partial charge in [0.15, 0.2) is 0 Å². The molecule has 17 heavy (non-hydrogen) atoms. The first-order chi connectivity index (χ1) is 8.08. The largest absolute Gasteiger partial charge is 0.302 e. The van der Waals surface area contributed by atoms with Crippen molar-refractivity contribution in [2.24, 2.45) is 0 Å². The quantitative estimate of drug-likeness (QED) is 0.849. The van der Waals surface area contributed by atoms with E-state index in [0.29, 0.717) is 5.69 Å². The molecule has 2 aromatic rings. The highest BCUT2D eigenvalue weighted by Crippen LogP contribution is 2.18. The Balaban J connectivity index is 2.23. The van der Waals surface area contributed by atoms with E-state index in [4.69, 9.17) is 23.2 Å². The zero-order chi connectivity index (χ0) is 12.4. The van der Waals surface area contributed by atoms with Gasteiger partial charge in [0.2, 0.25) is 5.82 Å². The fourth-order valence-electron chi connectivity index (χ4n) is 1.10. The highest BCUT2D eigenvalue weighted by Gasteiger charge is 2.15. The van der Waals surface area contributed by atoms with Crippen LogP contribution >= 0.6 is 23.2 Å². The number of aryl methyl sites for hydroxylation is 1. The van der Waals surface area contributed by atoms with Crippen LogP contribution < -0.4 is 5.32 Å². The third-order valence-electron chi connectivity index (χ3n) is 1.94. The van der Waals surface area contributed by atoms with Crippen molar-refractivity contribution in [1.82, 2.24) is 15.3 Å². The van der Waals surface area contributed by atoms with Crippen LogP contribution in [0.1, 0.15) is 16.1 Å². The lowest BCUT2D eigenvalue weighted by Gasteiger charge is -2.03. The molecule has 0 spiro atoms. The minimum absolute atomic E-state index is 0.0177. The van der Waals surface area contributed by atoms with Gasteiger partial charge in [0.25, 0.3) is 5.91 Å². The molecule has 8 heteroatoms. The summed E-state index contributed by atoms with van der Waals surface area (Å²) in [6.45, 7) is 1.65. The van der Waals surface area contributed by atoms with Crippen molar-refractivity contribution in [2.75, 3.05) is 5.32 Å². The van der Waals surface area contributed by atoms with Crippen LogP contribution in [-0.2, 0) is 0 Å². The van der Waals surface area contributed by atoms with Gasteiger partial charge in [-0.05, 0) is 24.2 Å². The number of aromatic nitrogens is 3. The van der Waals surface area contributed by atoms with E-state index in [0.717, 1.165) is 0 Å². The maximum absolute atomic E-state index is 11.8. The highest BCUT2D eigenvalue weighted by molar-refractivity contribution is 6.35. The van der Waals surface area contributed by atoms with Gasteiger partial charge in [0.05, 0.1) is 5.56 Å². The van der Waals surface area contributed by atoms with Crippen molar-refractivity contribution >= 4 is 34.9 Å². The molecule has 1 N–H and O–H groups in total. The van der Waals surface area contributed by atoms with E-state index in [1.807, 2.05) is 0 Å². The van der Waals surface area contributed by atoms with Crippen LogP contribution in [-0.4, -0.2) is 21.2 Å². The van der Waals surface area contributed by atoms with E-state index >= 15 is 0 Å². The molecule has 0 saturated heterocycles. The van der Waals surface area contributed by atoms with Gasteiger partial charge < -0.3 is 5.32 Å². The first kappa shape index (κ1) is 11.8. The van der Waals surface area contributed by atoms with Gasteiger partial charge in [0, 0.05) is 0 Å².